The quantitative estimate of drug-likeness (QED) is 0.873. The Hall–Kier alpha value is -1.13. The molecule has 1 aromatic rings. The second kappa shape index (κ2) is 5.98. The summed E-state index contributed by atoms with van der Waals surface area (Å²) in [7, 11) is 1.53. The van der Waals surface area contributed by atoms with Crippen LogP contribution in [0.25, 0.3) is 0 Å². The summed E-state index contributed by atoms with van der Waals surface area (Å²) >= 11 is 0. The number of rotatable bonds is 4. The van der Waals surface area contributed by atoms with Gasteiger partial charge in [-0.3, -0.25) is 0 Å². The van der Waals surface area contributed by atoms with Crippen LogP contribution in [0.5, 0.6) is 5.75 Å². The number of methoxy groups -OCH3 is 1. The van der Waals surface area contributed by atoms with Crippen LogP contribution in [0.3, 0.4) is 0 Å². The molecule has 0 spiro atoms. The maximum atomic E-state index is 13.6. The first-order chi connectivity index (χ1) is 8.29. The summed E-state index contributed by atoms with van der Waals surface area (Å²) in [5, 5.41) is 3.27. The Kier molecular flexibility index (Phi) is 4.34. The monoisotopic (exact) mass is 239 g/mol. The molecule has 0 amide bonds. The van der Waals surface area contributed by atoms with Crippen molar-refractivity contribution in [3.05, 3.63) is 29.6 Å². The minimum Gasteiger partial charge on any atom is -0.497 e. The SMILES string of the molecule is COc1ccc(COC2CCNCC2)c(F)c1. The Morgan fingerprint density at radius 3 is 2.76 bits per heavy atom. The van der Waals surface area contributed by atoms with Crippen LogP contribution in [0.1, 0.15) is 18.4 Å². The molecule has 0 aromatic heterocycles. The lowest BCUT2D eigenvalue weighted by Crippen LogP contribution is -2.32. The molecule has 0 radical (unpaired) electrons. The molecule has 3 nitrogen and oxygen atoms in total. The highest BCUT2D eigenvalue weighted by atomic mass is 19.1. The van der Waals surface area contributed by atoms with Gasteiger partial charge in [-0.25, -0.2) is 4.39 Å². The van der Waals surface area contributed by atoms with Crippen LogP contribution in [0.4, 0.5) is 4.39 Å². The molecule has 1 aliphatic rings. The topological polar surface area (TPSA) is 30.5 Å². The highest BCUT2D eigenvalue weighted by molar-refractivity contribution is 5.28. The second-order valence-electron chi connectivity index (χ2n) is 4.22. The van der Waals surface area contributed by atoms with E-state index in [0.29, 0.717) is 17.9 Å². The fourth-order valence-electron chi connectivity index (χ4n) is 1.94. The van der Waals surface area contributed by atoms with Crippen LogP contribution in [-0.4, -0.2) is 26.3 Å². The maximum Gasteiger partial charge on any atom is 0.132 e. The molecule has 0 bridgehead atoms. The molecule has 1 aromatic carbocycles. The van der Waals surface area contributed by atoms with E-state index in [1.807, 2.05) is 0 Å². The lowest BCUT2D eigenvalue weighted by Gasteiger charge is -2.23. The number of ether oxygens (including phenoxy) is 2. The molecule has 0 aliphatic carbocycles. The summed E-state index contributed by atoms with van der Waals surface area (Å²) in [5.41, 5.74) is 0.587. The van der Waals surface area contributed by atoms with Gasteiger partial charge in [0, 0.05) is 11.6 Å². The van der Waals surface area contributed by atoms with E-state index in [0.717, 1.165) is 25.9 Å². The van der Waals surface area contributed by atoms with Crippen molar-refractivity contribution in [3.8, 4) is 5.75 Å². The molecule has 1 fully saturated rings. The third-order valence-corrected chi connectivity index (χ3v) is 3.02. The van der Waals surface area contributed by atoms with Crippen LogP contribution in [0.2, 0.25) is 0 Å². The Morgan fingerprint density at radius 2 is 2.12 bits per heavy atom. The summed E-state index contributed by atoms with van der Waals surface area (Å²) in [6.45, 7) is 2.30. The minimum absolute atomic E-state index is 0.248. The first kappa shape index (κ1) is 12.3. The molecule has 1 N–H and O–H groups in total. The molecule has 1 saturated heterocycles. The second-order valence-corrected chi connectivity index (χ2v) is 4.22. The zero-order chi connectivity index (χ0) is 12.1. The standard InChI is InChI=1S/C13H18FNO2/c1-16-12-3-2-10(13(14)8-12)9-17-11-4-6-15-7-5-11/h2-3,8,11,15H,4-7,9H2,1H3. The van der Waals surface area contributed by atoms with E-state index in [-0.39, 0.29) is 11.9 Å². The van der Waals surface area contributed by atoms with Gasteiger partial charge in [-0.1, -0.05) is 6.07 Å². The largest absolute Gasteiger partial charge is 0.497 e. The molecule has 0 atom stereocenters. The van der Waals surface area contributed by atoms with Crippen LogP contribution in [0.15, 0.2) is 18.2 Å². The Bertz CT molecular complexity index is 364. The van der Waals surface area contributed by atoms with Gasteiger partial charge in [0.2, 0.25) is 0 Å². The van der Waals surface area contributed by atoms with Crippen LogP contribution >= 0.6 is 0 Å². The van der Waals surface area contributed by atoms with Gasteiger partial charge in [0.25, 0.3) is 0 Å². The molecule has 17 heavy (non-hydrogen) atoms. The molecule has 1 aliphatic heterocycles. The van der Waals surface area contributed by atoms with Crippen molar-refractivity contribution in [2.45, 2.75) is 25.6 Å². The number of piperidine rings is 1. The average molecular weight is 239 g/mol. The van der Waals surface area contributed by atoms with Gasteiger partial charge >= 0.3 is 0 Å². The lowest BCUT2D eigenvalue weighted by atomic mass is 10.1. The predicted octanol–water partition coefficient (Wildman–Crippen LogP) is 2.10. The fraction of sp³-hybridized carbons (Fsp3) is 0.538. The Morgan fingerprint density at radius 1 is 1.35 bits per heavy atom. The first-order valence-electron chi connectivity index (χ1n) is 5.94. The van der Waals surface area contributed by atoms with Crippen molar-refractivity contribution in [1.29, 1.82) is 0 Å². The van der Waals surface area contributed by atoms with Crippen molar-refractivity contribution in [2.24, 2.45) is 0 Å². The zero-order valence-electron chi connectivity index (χ0n) is 10.0. The van der Waals surface area contributed by atoms with Gasteiger partial charge in [0.15, 0.2) is 0 Å². The summed E-state index contributed by atoms with van der Waals surface area (Å²) in [6, 6.07) is 4.86. The molecule has 4 heteroatoms. The number of halogens is 1. The van der Waals surface area contributed by atoms with E-state index < -0.39 is 0 Å². The van der Waals surface area contributed by atoms with Crippen molar-refractivity contribution >= 4 is 0 Å². The van der Waals surface area contributed by atoms with Crippen LogP contribution in [-0.2, 0) is 11.3 Å². The van der Waals surface area contributed by atoms with Crippen LogP contribution in [0, 0.1) is 5.82 Å². The van der Waals surface area contributed by atoms with E-state index in [1.54, 1.807) is 12.1 Å². The van der Waals surface area contributed by atoms with Gasteiger partial charge < -0.3 is 14.8 Å². The molecule has 0 unspecified atom stereocenters. The molecule has 94 valence electrons. The number of hydrogen-bond donors (Lipinski definition) is 1. The number of hydrogen-bond acceptors (Lipinski definition) is 3. The van der Waals surface area contributed by atoms with E-state index in [2.05, 4.69) is 5.32 Å². The van der Waals surface area contributed by atoms with Crippen LogP contribution < -0.4 is 10.1 Å². The molecule has 1 heterocycles. The fourth-order valence-corrected chi connectivity index (χ4v) is 1.94. The Balaban J connectivity index is 1.89. The number of nitrogens with one attached hydrogen (secondary N) is 1. The lowest BCUT2D eigenvalue weighted by molar-refractivity contribution is 0.0199. The molecule has 2 rings (SSSR count). The van der Waals surface area contributed by atoms with Gasteiger partial charge in [0.05, 0.1) is 19.8 Å². The highest BCUT2D eigenvalue weighted by Gasteiger charge is 2.14. The minimum atomic E-state index is -0.265. The normalized spacial score (nSPS) is 17.1. The summed E-state index contributed by atoms with van der Waals surface area (Å²) < 4.78 is 24.3. The molecular weight excluding hydrogens is 221 g/mol. The van der Waals surface area contributed by atoms with Crippen molar-refractivity contribution < 1.29 is 13.9 Å². The van der Waals surface area contributed by atoms with Gasteiger partial charge in [0.1, 0.15) is 11.6 Å². The van der Waals surface area contributed by atoms with Crippen molar-refractivity contribution in [1.82, 2.24) is 5.32 Å². The first-order valence-corrected chi connectivity index (χ1v) is 5.94. The highest BCUT2D eigenvalue weighted by Crippen LogP contribution is 2.18. The van der Waals surface area contributed by atoms with E-state index in [9.17, 15) is 4.39 Å². The van der Waals surface area contributed by atoms with E-state index in [4.69, 9.17) is 9.47 Å². The van der Waals surface area contributed by atoms with Gasteiger partial charge in [-0.15, -0.1) is 0 Å². The Labute approximate surface area is 101 Å². The van der Waals surface area contributed by atoms with E-state index in [1.165, 1.54) is 13.2 Å². The third-order valence-electron chi connectivity index (χ3n) is 3.02. The average Bonchev–Trinajstić information content (AvgIpc) is 2.38. The summed E-state index contributed by atoms with van der Waals surface area (Å²) in [5.74, 6) is 0.270. The number of benzene rings is 1. The van der Waals surface area contributed by atoms with Gasteiger partial charge in [-0.2, -0.15) is 0 Å². The molecule has 0 saturated carbocycles. The molecular formula is C13H18FNO2. The summed E-state index contributed by atoms with van der Waals surface area (Å²) in [6.07, 6.45) is 2.24. The van der Waals surface area contributed by atoms with Crippen molar-refractivity contribution in [2.75, 3.05) is 20.2 Å². The van der Waals surface area contributed by atoms with E-state index >= 15 is 0 Å². The van der Waals surface area contributed by atoms with Gasteiger partial charge in [-0.05, 0) is 32.0 Å². The third kappa shape index (κ3) is 3.41. The summed E-state index contributed by atoms with van der Waals surface area (Å²) in [4.78, 5) is 0. The predicted molar refractivity (Wildman–Crippen MR) is 63.6 cm³/mol. The van der Waals surface area contributed by atoms with Crippen molar-refractivity contribution in [3.63, 3.8) is 0 Å². The smallest absolute Gasteiger partial charge is 0.132 e. The maximum absolute atomic E-state index is 13.6. The zero-order valence-corrected chi connectivity index (χ0v) is 10.0.